The molecular weight excluding hydrogens is 145 g/mol. The summed E-state index contributed by atoms with van der Waals surface area (Å²) in [6.45, 7) is 3.38. The highest BCUT2D eigenvalue weighted by Gasteiger charge is 2.02. The lowest BCUT2D eigenvalue weighted by atomic mass is 10.1. The first-order valence-corrected chi connectivity index (χ1v) is 3.04. The highest BCUT2D eigenvalue weighted by Crippen LogP contribution is 2.21. The van der Waals surface area contributed by atoms with Crippen LogP contribution >= 0.6 is 0 Å². The Bertz CT molecular complexity index is 296. The summed E-state index contributed by atoms with van der Waals surface area (Å²) < 4.78 is 12.5. The van der Waals surface area contributed by atoms with Crippen molar-refractivity contribution in [1.82, 2.24) is 0 Å². The zero-order valence-corrected chi connectivity index (χ0v) is 5.84. The summed E-state index contributed by atoms with van der Waals surface area (Å²) in [5, 5.41) is 9.10. The van der Waals surface area contributed by atoms with Crippen LogP contribution in [0.3, 0.4) is 0 Å². The number of phenolic OH excluding ortho intramolecular Hbond substituents is 1. The molecule has 1 aromatic carbocycles. The third kappa shape index (κ3) is 1.49. The Kier molecular flexibility index (Phi) is 1.81. The van der Waals surface area contributed by atoms with Crippen molar-refractivity contribution in [1.29, 1.82) is 0 Å². The third-order valence-corrected chi connectivity index (χ3v) is 1.30. The van der Waals surface area contributed by atoms with Gasteiger partial charge in [-0.1, -0.05) is 6.58 Å². The predicted octanol–water partition coefficient (Wildman–Crippen LogP) is 1.46. The fourth-order valence-electron chi connectivity index (χ4n) is 0.765. The monoisotopic (exact) mass is 153 g/mol. The number of aromatic hydroxyl groups is 1. The Morgan fingerprint density at radius 1 is 1.55 bits per heavy atom. The first-order chi connectivity index (χ1) is 5.11. The van der Waals surface area contributed by atoms with E-state index in [1.54, 1.807) is 0 Å². The SMILES string of the molecule is C=C(N)c1cc(F)ccc1O. The molecule has 0 fully saturated rings. The largest absolute Gasteiger partial charge is 0.507 e. The van der Waals surface area contributed by atoms with Gasteiger partial charge in [-0.25, -0.2) is 4.39 Å². The molecule has 58 valence electrons. The summed E-state index contributed by atoms with van der Waals surface area (Å²) in [6.07, 6.45) is 0. The van der Waals surface area contributed by atoms with Crippen LogP contribution in [-0.2, 0) is 0 Å². The molecule has 0 aromatic heterocycles. The van der Waals surface area contributed by atoms with Gasteiger partial charge in [-0.3, -0.25) is 0 Å². The molecule has 0 saturated heterocycles. The van der Waals surface area contributed by atoms with Crippen molar-refractivity contribution in [2.24, 2.45) is 5.73 Å². The van der Waals surface area contributed by atoms with Gasteiger partial charge in [-0.2, -0.15) is 0 Å². The Hall–Kier alpha value is -1.51. The van der Waals surface area contributed by atoms with Gasteiger partial charge in [0.2, 0.25) is 0 Å². The summed E-state index contributed by atoms with van der Waals surface area (Å²) in [6, 6.07) is 3.53. The second-order valence-electron chi connectivity index (χ2n) is 2.19. The van der Waals surface area contributed by atoms with Crippen molar-refractivity contribution >= 4 is 5.70 Å². The highest BCUT2D eigenvalue weighted by molar-refractivity contribution is 5.65. The lowest BCUT2D eigenvalue weighted by Crippen LogP contribution is -1.94. The zero-order valence-electron chi connectivity index (χ0n) is 5.84. The molecule has 2 nitrogen and oxygen atoms in total. The summed E-state index contributed by atoms with van der Waals surface area (Å²) in [5.41, 5.74) is 5.66. The predicted molar refractivity (Wildman–Crippen MR) is 41.3 cm³/mol. The summed E-state index contributed by atoms with van der Waals surface area (Å²) in [4.78, 5) is 0. The maximum absolute atomic E-state index is 12.5. The summed E-state index contributed by atoms with van der Waals surface area (Å²) >= 11 is 0. The van der Waals surface area contributed by atoms with Gasteiger partial charge >= 0.3 is 0 Å². The van der Waals surface area contributed by atoms with Crippen LogP contribution in [0.25, 0.3) is 5.70 Å². The molecule has 1 aromatic rings. The van der Waals surface area contributed by atoms with Gasteiger partial charge in [0.1, 0.15) is 11.6 Å². The summed E-state index contributed by atoms with van der Waals surface area (Å²) in [5.74, 6) is -0.497. The van der Waals surface area contributed by atoms with Gasteiger partial charge in [0.15, 0.2) is 0 Å². The molecule has 0 atom stereocenters. The van der Waals surface area contributed by atoms with Crippen molar-refractivity contribution < 1.29 is 9.50 Å². The number of hydrogen-bond donors (Lipinski definition) is 2. The number of nitrogens with two attached hydrogens (primary N) is 1. The lowest BCUT2D eigenvalue weighted by molar-refractivity contribution is 0.471. The van der Waals surface area contributed by atoms with Crippen molar-refractivity contribution in [2.45, 2.75) is 0 Å². The number of phenols is 1. The third-order valence-electron chi connectivity index (χ3n) is 1.30. The molecule has 0 bridgehead atoms. The number of hydrogen-bond acceptors (Lipinski definition) is 2. The molecule has 0 radical (unpaired) electrons. The molecule has 0 aliphatic heterocycles. The topological polar surface area (TPSA) is 46.2 Å². The average Bonchev–Trinajstić information content (AvgIpc) is 1.94. The molecule has 3 heteroatoms. The zero-order chi connectivity index (χ0) is 8.43. The quantitative estimate of drug-likeness (QED) is 0.641. The van der Waals surface area contributed by atoms with Crippen LogP contribution in [0.5, 0.6) is 5.75 Å². The van der Waals surface area contributed by atoms with Crippen LogP contribution in [0.4, 0.5) is 4.39 Å². The van der Waals surface area contributed by atoms with E-state index in [2.05, 4.69) is 6.58 Å². The Labute approximate surface area is 63.8 Å². The Morgan fingerprint density at radius 3 is 2.64 bits per heavy atom. The van der Waals surface area contributed by atoms with E-state index in [1.807, 2.05) is 0 Å². The van der Waals surface area contributed by atoms with Gasteiger partial charge in [0.25, 0.3) is 0 Å². The molecule has 0 heterocycles. The molecule has 0 saturated carbocycles. The van der Waals surface area contributed by atoms with Crippen LogP contribution < -0.4 is 5.73 Å². The van der Waals surface area contributed by atoms with E-state index in [-0.39, 0.29) is 17.0 Å². The van der Waals surface area contributed by atoms with Gasteiger partial charge < -0.3 is 10.8 Å². The van der Waals surface area contributed by atoms with Gasteiger partial charge in [-0.15, -0.1) is 0 Å². The van der Waals surface area contributed by atoms with E-state index in [0.29, 0.717) is 0 Å². The fraction of sp³-hybridized carbons (Fsp3) is 0. The van der Waals surface area contributed by atoms with E-state index < -0.39 is 5.82 Å². The molecule has 1 rings (SSSR count). The maximum atomic E-state index is 12.5. The molecule has 0 amide bonds. The minimum Gasteiger partial charge on any atom is -0.507 e. The minimum atomic E-state index is -0.440. The molecule has 0 unspecified atom stereocenters. The fourth-order valence-corrected chi connectivity index (χ4v) is 0.765. The van der Waals surface area contributed by atoms with Crippen molar-refractivity contribution in [3.8, 4) is 5.75 Å². The van der Waals surface area contributed by atoms with Crippen LogP contribution in [0.1, 0.15) is 5.56 Å². The highest BCUT2D eigenvalue weighted by atomic mass is 19.1. The number of halogens is 1. The molecule has 3 N–H and O–H groups in total. The molecule has 0 aliphatic carbocycles. The van der Waals surface area contributed by atoms with Crippen LogP contribution in [0.15, 0.2) is 24.8 Å². The van der Waals surface area contributed by atoms with E-state index in [1.165, 1.54) is 6.07 Å². The molecular formula is C8H8FNO. The summed E-state index contributed by atoms with van der Waals surface area (Å²) in [7, 11) is 0. The molecule has 0 spiro atoms. The van der Waals surface area contributed by atoms with Crippen LogP contribution in [0.2, 0.25) is 0 Å². The van der Waals surface area contributed by atoms with Crippen molar-refractivity contribution in [3.05, 3.63) is 36.2 Å². The first-order valence-electron chi connectivity index (χ1n) is 3.04. The molecule has 11 heavy (non-hydrogen) atoms. The van der Waals surface area contributed by atoms with Crippen LogP contribution in [0, 0.1) is 5.82 Å². The minimum absolute atomic E-state index is 0.0566. The van der Waals surface area contributed by atoms with Gasteiger partial charge in [0.05, 0.1) is 0 Å². The number of benzene rings is 1. The van der Waals surface area contributed by atoms with E-state index >= 15 is 0 Å². The second-order valence-corrected chi connectivity index (χ2v) is 2.19. The Morgan fingerprint density at radius 2 is 2.18 bits per heavy atom. The van der Waals surface area contributed by atoms with Gasteiger partial charge in [0, 0.05) is 11.3 Å². The Balaban J connectivity index is 3.23. The first kappa shape index (κ1) is 7.60. The van der Waals surface area contributed by atoms with Crippen molar-refractivity contribution in [2.75, 3.05) is 0 Å². The van der Waals surface area contributed by atoms with E-state index in [0.717, 1.165) is 12.1 Å². The normalized spacial score (nSPS) is 9.55. The maximum Gasteiger partial charge on any atom is 0.125 e. The second kappa shape index (κ2) is 2.62. The molecule has 0 aliphatic rings. The smallest absolute Gasteiger partial charge is 0.125 e. The average molecular weight is 153 g/mol. The van der Waals surface area contributed by atoms with Gasteiger partial charge in [-0.05, 0) is 18.2 Å². The van der Waals surface area contributed by atoms with E-state index in [9.17, 15) is 4.39 Å². The lowest BCUT2D eigenvalue weighted by Gasteiger charge is -2.01. The van der Waals surface area contributed by atoms with Crippen molar-refractivity contribution in [3.63, 3.8) is 0 Å². The standard InChI is InChI=1S/C8H8FNO/c1-5(10)7-4-6(9)2-3-8(7)11/h2-4,11H,1,10H2. The number of rotatable bonds is 1. The van der Waals surface area contributed by atoms with E-state index in [4.69, 9.17) is 10.8 Å². The van der Waals surface area contributed by atoms with Crippen LogP contribution in [-0.4, -0.2) is 5.11 Å².